The Labute approximate surface area is 97.0 Å². The minimum absolute atomic E-state index is 0.278. The van der Waals surface area contributed by atoms with Crippen LogP contribution >= 0.6 is 11.6 Å². The zero-order valence-corrected chi connectivity index (χ0v) is 9.26. The van der Waals surface area contributed by atoms with Crippen molar-refractivity contribution in [2.75, 3.05) is 11.1 Å². The summed E-state index contributed by atoms with van der Waals surface area (Å²) in [6, 6.07) is 2.36. The van der Waals surface area contributed by atoms with Crippen molar-refractivity contribution in [1.82, 2.24) is 5.32 Å². The first-order valence-corrected chi connectivity index (χ1v) is 5.07. The molecular formula is C10H10ClN3O2. The molecule has 1 heterocycles. The highest BCUT2D eigenvalue weighted by atomic mass is 35.5. The van der Waals surface area contributed by atoms with Crippen molar-refractivity contribution in [3.8, 4) is 0 Å². The van der Waals surface area contributed by atoms with E-state index in [1.807, 2.05) is 0 Å². The summed E-state index contributed by atoms with van der Waals surface area (Å²) in [7, 11) is 0. The first kappa shape index (κ1) is 10.8. The highest BCUT2D eigenvalue weighted by Crippen LogP contribution is 2.29. The molecule has 0 bridgehead atoms. The number of carbonyl (C=O) groups excluding carboxylic acids is 2. The van der Waals surface area contributed by atoms with E-state index in [0.29, 0.717) is 10.7 Å². The minimum Gasteiger partial charge on any atom is -0.397 e. The molecular weight excluding hydrogens is 230 g/mol. The molecule has 2 rings (SSSR count). The fourth-order valence-corrected chi connectivity index (χ4v) is 1.74. The van der Waals surface area contributed by atoms with Crippen molar-refractivity contribution in [1.29, 1.82) is 0 Å². The molecule has 2 amide bonds. The SMILES string of the molecule is C[C@@H]1NC(=O)c2cc(Cl)cc(N)c2NC1=O. The number of amides is 2. The van der Waals surface area contributed by atoms with Crippen LogP contribution in [0.15, 0.2) is 12.1 Å². The Bertz CT molecular complexity index is 487. The molecule has 0 aliphatic carbocycles. The van der Waals surface area contributed by atoms with Crippen molar-refractivity contribution in [3.05, 3.63) is 22.7 Å². The minimum atomic E-state index is -0.599. The Balaban J connectivity index is 2.60. The number of nitrogens with one attached hydrogen (secondary N) is 2. The summed E-state index contributed by atoms with van der Waals surface area (Å²) in [6.07, 6.45) is 0. The Morgan fingerprint density at radius 2 is 2.06 bits per heavy atom. The van der Waals surface area contributed by atoms with Crippen molar-refractivity contribution < 1.29 is 9.59 Å². The summed E-state index contributed by atoms with van der Waals surface area (Å²) in [4.78, 5) is 23.3. The van der Waals surface area contributed by atoms with Crippen LogP contribution in [0.25, 0.3) is 0 Å². The highest BCUT2D eigenvalue weighted by Gasteiger charge is 2.26. The van der Waals surface area contributed by atoms with Crippen LogP contribution in [-0.2, 0) is 4.79 Å². The Hall–Kier alpha value is -1.75. The van der Waals surface area contributed by atoms with Gasteiger partial charge in [-0.3, -0.25) is 9.59 Å². The number of fused-ring (bicyclic) bond motifs is 1. The van der Waals surface area contributed by atoms with E-state index in [9.17, 15) is 9.59 Å². The van der Waals surface area contributed by atoms with Gasteiger partial charge in [-0.25, -0.2) is 0 Å². The molecule has 1 aliphatic heterocycles. The third-order valence-electron chi connectivity index (χ3n) is 2.37. The molecule has 0 saturated heterocycles. The van der Waals surface area contributed by atoms with Crippen LogP contribution in [0.2, 0.25) is 5.02 Å². The Kier molecular flexibility index (Phi) is 2.47. The smallest absolute Gasteiger partial charge is 0.254 e. The fourth-order valence-electron chi connectivity index (χ4n) is 1.52. The van der Waals surface area contributed by atoms with E-state index >= 15 is 0 Å². The Morgan fingerprint density at radius 3 is 2.75 bits per heavy atom. The molecule has 16 heavy (non-hydrogen) atoms. The molecule has 0 unspecified atom stereocenters. The summed E-state index contributed by atoms with van der Waals surface area (Å²) in [6.45, 7) is 1.59. The number of nitrogens with two attached hydrogens (primary N) is 1. The van der Waals surface area contributed by atoms with Gasteiger partial charge >= 0.3 is 0 Å². The van der Waals surface area contributed by atoms with Crippen LogP contribution in [0.4, 0.5) is 11.4 Å². The van der Waals surface area contributed by atoms with E-state index in [1.54, 1.807) is 6.92 Å². The number of hydrogen-bond donors (Lipinski definition) is 3. The van der Waals surface area contributed by atoms with Crippen LogP contribution < -0.4 is 16.4 Å². The quantitative estimate of drug-likeness (QED) is 0.591. The van der Waals surface area contributed by atoms with Crippen LogP contribution in [-0.4, -0.2) is 17.9 Å². The maximum atomic E-state index is 11.7. The predicted molar refractivity (Wildman–Crippen MR) is 61.4 cm³/mol. The third kappa shape index (κ3) is 1.69. The zero-order chi connectivity index (χ0) is 11.9. The van der Waals surface area contributed by atoms with E-state index < -0.39 is 6.04 Å². The van der Waals surface area contributed by atoms with E-state index in [0.717, 1.165) is 0 Å². The highest BCUT2D eigenvalue weighted by molar-refractivity contribution is 6.32. The molecule has 0 radical (unpaired) electrons. The molecule has 1 atom stereocenters. The van der Waals surface area contributed by atoms with Gasteiger partial charge in [-0.05, 0) is 19.1 Å². The molecule has 0 aromatic heterocycles. The van der Waals surface area contributed by atoms with Gasteiger partial charge < -0.3 is 16.4 Å². The second kappa shape index (κ2) is 3.68. The van der Waals surface area contributed by atoms with Crippen molar-refractivity contribution in [3.63, 3.8) is 0 Å². The van der Waals surface area contributed by atoms with Gasteiger partial charge in [0.05, 0.1) is 16.9 Å². The summed E-state index contributed by atoms with van der Waals surface area (Å²) < 4.78 is 0. The van der Waals surface area contributed by atoms with E-state index in [4.69, 9.17) is 17.3 Å². The van der Waals surface area contributed by atoms with Gasteiger partial charge in [0, 0.05) is 5.02 Å². The number of rotatable bonds is 0. The van der Waals surface area contributed by atoms with E-state index in [-0.39, 0.29) is 23.1 Å². The second-order valence-corrected chi connectivity index (χ2v) is 4.04. The first-order valence-electron chi connectivity index (χ1n) is 4.70. The summed E-state index contributed by atoms with van der Waals surface area (Å²) in [5.74, 6) is -0.670. The molecule has 4 N–H and O–H groups in total. The average Bonchev–Trinajstić information content (AvgIpc) is 2.29. The summed E-state index contributed by atoms with van der Waals surface area (Å²) >= 11 is 5.80. The maximum absolute atomic E-state index is 11.7. The van der Waals surface area contributed by atoms with Gasteiger partial charge in [-0.15, -0.1) is 0 Å². The number of hydrogen-bond acceptors (Lipinski definition) is 3. The molecule has 6 heteroatoms. The van der Waals surface area contributed by atoms with Gasteiger partial charge in [0.25, 0.3) is 5.91 Å². The van der Waals surface area contributed by atoms with E-state index in [2.05, 4.69) is 10.6 Å². The van der Waals surface area contributed by atoms with Crippen molar-refractivity contribution >= 4 is 34.8 Å². The summed E-state index contributed by atoms with van der Waals surface area (Å²) in [5.41, 5.74) is 6.58. The number of nitrogen functional groups attached to an aromatic ring is 1. The lowest BCUT2D eigenvalue weighted by Gasteiger charge is -2.09. The Morgan fingerprint density at radius 1 is 1.38 bits per heavy atom. The average molecular weight is 240 g/mol. The molecule has 84 valence electrons. The number of halogens is 1. The number of anilines is 2. The van der Waals surface area contributed by atoms with Gasteiger partial charge in [-0.2, -0.15) is 0 Å². The molecule has 0 fully saturated rings. The molecule has 0 saturated carbocycles. The molecule has 1 aromatic carbocycles. The normalized spacial score (nSPS) is 19.5. The first-order chi connectivity index (χ1) is 7.49. The lowest BCUT2D eigenvalue weighted by atomic mass is 10.1. The standard InChI is InChI=1S/C10H10ClN3O2/c1-4-9(15)14-8-6(10(16)13-4)2-5(11)3-7(8)12/h2-4H,12H2,1H3,(H,13,16)(H,14,15)/t4-/m0/s1. The fraction of sp³-hybridized carbons (Fsp3) is 0.200. The van der Waals surface area contributed by atoms with Gasteiger partial charge in [0.1, 0.15) is 6.04 Å². The van der Waals surface area contributed by atoms with Crippen LogP contribution in [0, 0.1) is 0 Å². The third-order valence-corrected chi connectivity index (χ3v) is 2.59. The van der Waals surface area contributed by atoms with Crippen LogP contribution in [0.1, 0.15) is 17.3 Å². The van der Waals surface area contributed by atoms with Crippen LogP contribution in [0.3, 0.4) is 0 Å². The second-order valence-electron chi connectivity index (χ2n) is 3.60. The van der Waals surface area contributed by atoms with Crippen LogP contribution in [0.5, 0.6) is 0 Å². The molecule has 5 nitrogen and oxygen atoms in total. The zero-order valence-electron chi connectivity index (χ0n) is 8.50. The van der Waals surface area contributed by atoms with Crippen molar-refractivity contribution in [2.45, 2.75) is 13.0 Å². The van der Waals surface area contributed by atoms with Crippen molar-refractivity contribution in [2.24, 2.45) is 0 Å². The van der Waals surface area contributed by atoms with E-state index in [1.165, 1.54) is 12.1 Å². The predicted octanol–water partition coefficient (Wildman–Crippen LogP) is 0.993. The monoisotopic (exact) mass is 239 g/mol. The maximum Gasteiger partial charge on any atom is 0.254 e. The topological polar surface area (TPSA) is 84.2 Å². The molecule has 0 spiro atoms. The lowest BCUT2D eigenvalue weighted by molar-refractivity contribution is -0.117. The number of benzene rings is 1. The summed E-state index contributed by atoms with van der Waals surface area (Å²) in [5, 5.41) is 5.49. The van der Waals surface area contributed by atoms with Gasteiger partial charge in [0.2, 0.25) is 5.91 Å². The van der Waals surface area contributed by atoms with Gasteiger partial charge in [-0.1, -0.05) is 11.6 Å². The number of carbonyl (C=O) groups is 2. The lowest BCUT2D eigenvalue weighted by Crippen LogP contribution is -2.38. The molecule has 1 aliphatic rings. The van der Waals surface area contributed by atoms with Gasteiger partial charge in [0.15, 0.2) is 0 Å². The molecule has 1 aromatic rings. The largest absolute Gasteiger partial charge is 0.397 e.